The predicted octanol–water partition coefficient (Wildman–Crippen LogP) is 4.19. The second kappa shape index (κ2) is 6.67. The fraction of sp³-hybridized carbons (Fsp3) is 0.316. The number of H-pyrrole nitrogens is 1. The van der Waals surface area contributed by atoms with Crippen LogP contribution in [0.4, 0.5) is 23.3 Å². The van der Waals surface area contributed by atoms with Crippen LogP contribution in [0.2, 0.25) is 0 Å². The molecule has 1 aliphatic rings. The molecule has 3 aromatic rings. The van der Waals surface area contributed by atoms with Crippen molar-refractivity contribution in [3.8, 4) is 5.75 Å². The van der Waals surface area contributed by atoms with Crippen molar-refractivity contribution < 1.29 is 4.74 Å². The number of aryl methyl sites for hydroxylation is 2. The highest BCUT2D eigenvalue weighted by Gasteiger charge is 2.25. The molecule has 1 fully saturated rings. The molecular weight excluding hydrogens is 328 g/mol. The van der Waals surface area contributed by atoms with E-state index < -0.39 is 0 Å². The number of nitrogens with one attached hydrogen (secondary N) is 3. The number of hydrogen-bond acceptors (Lipinski definition) is 6. The number of methoxy groups -OCH3 is 1. The highest BCUT2D eigenvalue weighted by atomic mass is 16.5. The second-order valence-electron chi connectivity index (χ2n) is 6.69. The largest absolute Gasteiger partial charge is 0.497 e. The van der Waals surface area contributed by atoms with Crippen LogP contribution in [0.25, 0.3) is 0 Å². The van der Waals surface area contributed by atoms with Crippen LogP contribution < -0.4 is 15.4 Å². The van der Waals surface area contributed by atoms with E-state index in [-0.39, 0.29) is 0 Å². The molecule has 0 aliphatic heterocycles. The Bertz CT molecular complexity index is 932. The zero-order chi connectivity index (χ0) is 18.1. The van der Waals surface area contributed by atoms with Gasteiger partial charge in [-0.3, -0.25) is 5.10 Å². The molecule has 0 radical (unpaired) electrons. The van der Waals surface area contributed by atoms with Gasteiger partial charge in [-0.05, 0) is 44.4 Å². The average molecular weight is 350 g/mol. The van der Waals surface area contributed by atoms with E-state index in [2.05, 4.69) is 30.8 Å². The monoisotopic (exact) mass is 350 g/mol. The Morgan fingerprint density at radius 3 is 2.62 bits per heavy atom. The summed E-state index contributed by atoms with van der Waals surface area (Å²) >= 11 is 0. The minimum atomic E-state index is 0.526. The van der Waals surface area contributed by atoms with Crippen molar-refractivity contribution in [2.45, 2.75) is 32.6 Å². The second-order valence-corrected chi connectivity index (χ2v) is 6.69. The maximum atomic E-state index is 5.32. The molecule has 26 heavy (non-hydrogen) atoms. The highest BCUT2D eigenvalue weighted by Crippen LogP contribution is 2.39. The summed E-state index contributed by atoms with van der Waals surface area (Å²) in [7, 11) is 1.66. The lowest BCUT2D eigenvalue weighted by Gasteiger charge is -2.10. The molecular formula is C19H22N6O. The van der Waals surface area contributed by atoms with Gasteiger partial charge in [-0.2, -0.15) is 10.1 Å². The van der Waals surface area contributed by atoms with Gasteiger partial charge in [-0.1, -0.05) is 0 Å². The molecule has 4 rings (SSSR count). The summed E-state index contributed by atoms with van der Waals surface area (Å²) in [6.45, 7) is 3.96. The first-order valence-corrected chi connectivity index (χ1v) is 8.70. The van der Waals surface area contributed by atoms with Gasteiger partial charge in [0.1, 0.15) is 11.6 Å². The van der Waals surface area contributed by atoms with Crippen molar-refractivity contribution in [1.29, 1.82) is 0 Å². The van der Waals surface area contributed by atoms with Crippen LogP contribution in [0.1, 0.15) is 35.7 Å². The molecule has 7 heteroatoms. The first-order chi connectivity index (χ1) is 12.6. The molecule has 3 N–H and O–H groups in total. The van der Waals surface area contributed by atoms with E-state index in [4.69, 9.17) is 4.74 Å². The fourth-order valence-electron chi connectivity index (χ4n) is 2.89. The first-order valence-electron chi connectivity index (χ1n) is 8.70. The van der Waals surface area contributed by atoms with Crippen molar-refractivity contribution in [2.24, 2.45) is 0 Å². The summed E-state index contributed by atoms with van der Waals surface area (Å²) in [4.78, 5) is 9.02. The predicted molar refractivity (Wildman–Crippen MR) is 102 cm³/mol. The molecule has 0 spiro atoms. The fourth-order valence-corrected chi connectivity index (χ4v) is 2.89. The van der Waals surface area contributed by atoms with Gasteiger partial charge in [-0.25, -0.2) is 4.98 Å². The third-order valence-corrected chi connectivity index (χ3v) is 4.27. The quantitative estimate of drug-likeness (QED) is 0.618. The summed E-state index contributed by atoms with van der Waals surface area (Å²) in [6.07, 6.45) is 2.48. The SMILES string of the molecule is COc1cc(C)cc(Nc2nc(C)cc(Nc3cc(C4CC4)[nH]n3)n2)c1. The Balaban J connectivity index is 1.54. The molecule has 0 saturated heterocycles. The van der Waals surface area contributed by atoms with Crippen molar-refractivity contribution in [1.82, 2.24) is 20.2 Å². The molecule has 1 aliphatic carbocycles. The van der Waals surface area contributed by atoms with Gasteiger partial charge in [0, 0.05) is 41.2 Å². The van der Waals surface area contributed by atoms with Crippen LogP contribution in [0, 0.1) is 13.8 Å². The number of benzene rings is 1. The Morgan fingerprint density at radius 2 is 1.85 bits per heavy atom. The third-order valence-electron chi connectivity index (χ3n) is 4.27. The lowest BCUT2D eigenvalue weighted by molar-refractivity contribution is 0.414. The van der Waals surface area contributed by atoms with Gasteiger partial charge in [0.2, 0.25) is 5.95 Å². The van der Waals surface area contributed by atoms with Crippen molar-refractivity contribution in [2.75, 3.05) is 17.7 Å². The molecule has 1 saturated carbocycles. The number of rotatable bonds is 6. The van der Waals surface area contributed by atoms with Crippen LogP contribution >= 0.6 is 0 Å². The zero-order valence-electron chi connectivity index (χ0n) is 15.1. The normalized spacial score (nSPS) is 13.5. The van der Waals surface area contributed by atoms with E-state index in [0.29, 0.717) is 17.7 Å². The zero-order valence-corrected chi connectivity index (χ0v) is 15.1. The molecule has 1 aromatic carbocycles. The van der Waals surface area contributed by atoms with Crippen molar-refractivity contribution in [3.05, 3.63) is 47.3 Å². The number of hydrogen-bond donors (Lipinski definition) is 3. The Kier molecular flexibility index (Phi) is 4.20. The lowest BCUT2D eigenvalue weighted by Crippen LogP contribution is -2.03. The Morgan fingerprint density at radius 1 is 1.00 bits per heavy atom. The minimum absolute atomic E-state index is 0.526. The topological polar surface area (TPSA) is 87.8 Å². The molecule has 134 valence electrons. The summed E-state index contributed by atoms with van der Waals surface area (Å²) in [6, 6.07) is 9.86. The molecule has 2 heterocycles. The lowest BCUT2D eigenvalue weighted by atomic mass is 10.2. The Hall–Kier alpha value is -3.09. The minimum Gasteiger partial charge on any atom is -0.497 e. The highest BCUT2D eigenvalue weighted by molar-refractivity contribution is 5.60. The maximum Gasteiger partial charge on any atom is 0.229 e. The molecule has 0 unspecified atom stereocenters. The molecule has 2 aromatic heterocycles. The summed E-state index contributed by atoms with van der Waals surface area (Å²) < 4.78 is 5.32. The van der Waals surface area contributed by atoms with Crippen LogP contribution in [0.15, 0.2) is 30.3 Å². The van der Waals surface area contributed by atoms with E-state index in [1.807, 2.05) is 44.2 Å². The Labute approximate surface area is 152 Å². The maximum absolute atomic E-state index is 5.32. The standard InChI is InChI=1S/C19H22N6O/c1-11-6-14(9-15(7-11)26-3)21-19-20-12(2)8-17(23-19)22-18-10-16(24-25-18)13-4-5-13/h6-10,13H,4-5H2,1-3H3,(H3,20,21,22,23,24,25). The number of anilines is 4. The van der Waals surface area contributed by atoms with Crippen molar-refractivity contribution >= 4 is 23.3 Å². The van der Waals surface area contributed by atoms with Crippen LogP contribution in [-0.2, 0) is 0 Å². The van der Waals surface area contributed by atoms with Gasteiger partial charge in [0.15, 0.2) is 5.82 Å². The average Bonchev–Trinajstić information content (AvgIpc) is 3.34. The van der Waals surface area contributed by atoms with Gasteiger partial charge in [0.05, 0.1) is 7.11 Å². The number of nitrogens with zero attached hydrogens (tertiary/aromatic N) is 3. The van der Waals surface area contributed by atoms with Gasteiger partial charge < -0.3 is 15.4 Å². The summed E-state index contributed by atoms with van der Waals surface area (Å²) in [5, 5.41) is 13.9. The van der Waals surface area contributed by atoms with Crippen LogP contribution in [0.5, 0.6) is 5.75 Å². The van der Waals surface area contributed by atoms with E-state index in [1.54, 1.807) is 7.11 Å². The third kappa shape index (κ3) is 3.77. The molecule has 0 bridgehead atoms. The van der Waals surface area contributed by atoms with E-state index in [9.17, 15) is 0 Å². The van der Waals surface area contributed by atoms with E-state index in [1.165, 1.54) is 18.5 Å². The van der Waals surface area contributed by atoms with Gasteiger partial charge in [-0.15, -0.1) is 0 Å². The molecule has 0 amide bonds. The number of aromatic nitrogens is 4. The van der Waals surface area contributed by atoms with Gasteiger partial charge >= 0.3 is 0 Å². The number of aromatic amines is 1. The van der Waals surface area contributed by atoms with Crippen LogP contribution in [0.3, 0.4) is 0 Å². The summed E-state index contributed by atoms with van der Waals surface area (Å²) in [5.74, 6) is 3.43. The van der Waals surface area contributed by atoms with E-state index >= 15 is 0 Å². The van der Waals surface area contributed by atoms with Gasteiger partial charge in [0.25, 0.3) is 0 Å². The molecule has 0 atom stereocenters. The van der Waals surface area contributed by atoms with Crippen LogP contribution in [-0.4, -0.2) is 27.3 Å². The molecule has 7 nitrogen and oxygen atoms in total. The smallest absolute Gasteiger partial charge is 0.229 e. The van der Waals surface area contributed by atoms with E-state index in [0.717, 1.165) is 28.5 Å². The summed E-state index contributed by atoms with van der Waals surface area (Å²) in [5.41, 5.74) is 4.03. The van der Waals surface area contributed by atoms with Crippen molar-refractivity contribution in [3.63, 3.8) is 0 Å². The number of ether oxygens (including phenoxy) is 1. The first kappa shape index (κ1) is 16.4.